The summed E-state index contributed by atoms with van der Waals surface area (Å²) >= 11 is 5.97. The van der Waals surface area contributed by atoms with E-state index in [9.17, 15) is 9.90 Å². The summed E-state index contributed by atoms with van der Waals surface area (Å²) in [6, 6.07) is 1.58. The molecular weight excluding hydrogens is 254 g/mol. The Balaban J connectivity index is 2.74. The lowest BCUT2D eigenvalue weighted by molar-refractivity contribution is 0.0768. The first-order chi connectivity index (χ1) is 8.45. The van der Waals surface area contributed by atoms with E-state index in [0.717, 1.165) is 0 Å². The van der Waals surface area contributed by atoms with E-state index >= 15 is 0 Å². The molecule has 100 valence electrons. The van der Waals surface area contributed by atoms with Crippen molar-refractivity contribution in [3.63, 3.8) is 0 Å². The number of pyridine rings is 1. The molecule has 0 bridgehead atoms. The minimum Gasteiger partial charge on any atom is -0.393 e. The summed E-state index contributed by atoms with van der Waals surface area (Å²) in [5, 5.41) is 12.4. The Morgan fingerprint density at radius 2 is 2.33 bits per heavy atom. The molecule has 1 unspecified atom stereocenters. The summed E-state index contributed by atoms with van der Waals surface area (Å²) in [6.07, 6.45) is 1.60. The number of aliphatic hydroxyl groups is 1. The lowest BCUT2D eigenvalue weighted by Crippen LogP contribution is -2.29. The van der Waals surface area contributed by atoms with Gasteiger partial charge in [0.05, 0.1) is 16.7 Å². The van der Waals surface area contributed by atoms with Gasteiger partial charge in [0.15, 0.2) is 0 Å². The number of hydrogen-bond donors (Lipinski definition) is 2. The summed E-state index contributed by atoms with van der Waals surface area (Å²) in [6.45, 7) is 2.18. The first-order valence-corrected chi connectivity index (χ1v) is 6.10. The van der Waals surface area contributed by atoms with Gasteiger partial charge in [-0.05, 0) is 19.4 Å². The zero-order valence-electron chi connectivity index (χ0n) is 10.8. The van der Waals surface area contributed by atoms with E-state index in [4.69, 9.17) is 11.6 Å². The first kappa shape index (κ1) is 14.7. The second kappa shape index (κ2) is 6.56. The fourth-order valence-corrected chi connectivity index (χ4v) is 1.70. The van der Waals surface area contributed by atoms with Gasteiger partial charge in [0.1, 0.15) is 5.82 Å². The van der Waals surface area contributed by atoms with Gasteiger partial charge >= 0.3 is 0 Å². The average molecular weight is 272 g/mol. The van der Waals surface area contributed by atoms with E-state index in [2.05, 4.69) is 10.3 Å². The highest BCUT2D eigenvalue weighted by Crippen LogP contribution is 2.20. The van der Waals surface area contributed by atoms with Crippen LogP contribution in [0.3, 0.4) is 0 Å². The van der Waals surface area contributed by atoms with Crippen LogP contribution in [0.5, 0.6) is 0 Å². The van der Waals surface area contributed by atoms with Gasteiger partial charge in [0.2, 0.25) is 0 Å². The van der Waals surface area contributed by atoms with Crippen molar-refractivity contribution in [2.75, 3.05) is 26.0 Å². The smallest absolute Gasteiger partial charge is 0.255 e. The van der Waals surface area contributed by atoms with Crippen LogP contribution in [-0.4, -0.2) is 47.6 Å². The Bertz CT molecular complexity index is 424. The van der Waals surface area contributed by atoms with Gasteiger partial charge in [-0.3, -0.25) is 4.79 Å². The number of carbonyl (C=O) groups is 1. The third-order valence-electron chi connectivity index (χ3n) is 2.55. The van der Waals surface area contributed by atoms with Crippen molar-refractivity contribution in [2.45, 2.75) is 19.4 Å². The van der Waals surface area contributed by atoms with Gasteiger partial charge in [-0.25, -0.2) is 4.98 Å². The molecule has 1 atom stereocenters. The maximum Gasteiger partial charge on any atom is 0.255 e. The fourth-order valence-electron chi connectivity index (χ4n) is 1.44. The van der Waals surface area contributed by atoms with E-state index in [1.807, 2.05) is 0 Å². The van der Waals surface area contributed by atoms with Gasteiger partial charge in [0.25, 0.3) is 5.91 Å². The van der Waals surface area contributed by atoms with Crippen LogP contribution in [-0.2, 0) is 0 Å². The van der Waals surface area contributed by atoms with Crippen molar-refractivity contribution >= 4 is 23.3 Å². The molecule has 1 amide bonds. The van der Waals surface area contributed by atoms with Crippen molar-refractivity contribution in [3.05, 3.63) is 22.8 Å². The Morgan fingerprint density at radius 3 is 2.83 bits per heavy atom. The molecule has 0 spiro atoms. The van der Waals surface area contributed by atoms with Gasteiger partial charge in [-0.2, -0.15) is 0 Å². The number of hydrogen-bond acceptors (Lipinski definition) is 4. The molecule has 0 fully saturated rings. The lowest BCUT2D eigenvalue weighted by Gasteiger charge is -2.18. The van der Waals surface area contributed by atoms with Crippen molar-refractivity contribution in [1.29, 1.82) is 0 Å². The van der Waals surface area contributed by atoms with Crippen LogP contribution in [0.15, 0.2) is 12.3 Å². The third-order valence-corrected chi connectivity index (χ3v) is 2.84. The van der Waals surface area contributed by atoms with Gasteiger partial charge < -0.3 is 15.3 Å². The van der Waals surface area contributed by atoms with Crippen molar-refractivity contribution in [1.82, 2.24) is 9.88 Å². The monoisotopic (exact) mass is 271 g/mol. The highest BCUT2D eigenvalue weighted by atomic mass is 35.5. The first-order valence-electron chi connectivity index (χ1n) is 5.72. The molecular formula is C12H18ClN3O2. The summed E-state index contributed by atoms with van der Waals surface area (Å²) in [5.41, 5.74) is 0.437. The molecule has 1 aromatic rings. The Morgan fingerprint density at radius 1 is 1.67 bits per heavy atom. The quantitative estimate of drug-likeness (QED) is 0.854. The largest absolute Gasteiger partial charge is 0.393 e. The van der Waals surface area contributed by atoms with Crippen LogP contribution in [0.1, 0.15) is 23.7 Å². The van der Waals surface area contributed by atoms with E-state index in [-0.39, 0.29) is 5.91 Å². The minimum atomic E-state index is -0.423. The molecule has 0 aliphatic rings. The molecule has 0 radical (unpaired) electrons. The molecule has 1 heterocycles. The minimum absolute atomic E-state index is 0.160. The zero-order chi connectivity index (χ0) is 13.7. The maximum atomic E-state index is 12.0. The SMILES string of the molecule is CNc1ncc(C(=O)N(C)CCC(C)O)cc1Cl. The summed E-state index contributed by atoms with van der Waals surface area (Å²) in [5.74, 6) is 0.382. The van der Waals surface area contributed by atoms with Gasteiger partial charge in [-0.1, -0.05) is 11.6 Å². The average Bonchev–Trinajstić information content (AvgIpc) is 2.34. The van der Waals surface area contributed by atoms with Gasteiger partial charge in [-0.15, -0.1) is 0 Å². The second-order valence-corrected chi connectivity index (χ2v) is 4.58. The van der Waals surface area contributed by atoms with E-state index in [0.29, 0.717) is 29.4 Å². The van der Waals surface area contributed by atoms with Crippen LogP contribution < -0.4 is 5.32 Å². The number of anilines is 1. The molecule has 1 aromatic heterocycles. The number of nitrogens with zero attached hydrogens (tertiary/aromatic N) is 2. The number of nitrogens with one attached hydrogen (secondary N) is 1. The third kappa shape index (κ3) is 3.85. The Labute approximate surface area is 112 Å². The van der Waals surface area contributed by atoms with E-state index < -0.39 is 6.10 Å². The standard InChI is InChI=1S/C12H18ClN3O2/c1-8(17)4-5-16(3)12(18)9-6-10(13)11(14-2)15-7-9/h6-8,17H,4-5H2,1-3H3,(H,14,15). The molecule has 5 nitrogen and oxygen atoms in total. The summed E-state index contributed by atoms with van der Waals surface area (Å²) < 4.78 is 0. The second-order valence-electron chi connectivity index (χ2n) is 4.17. The fraction of sp³-hybridized carbons (Fsp3) is 0.500. The van der Waals surface area contributed by atoms with Crippen LogP contribution in [0.25, 0.3) is 0 Å². The predicted molar refractivity (Wildman–Crippen MR) is 72.1 cm³/mol. The Hall–Kier alpha value is -1.33. The molecule has 0 saturated heterocycles. The number of amides is 1. The van der Waals surface area contributed by atoms with Crippen LogP contribution in [0, 0.1) is 0 Å². The summed E-state index contributed by atoms with van der Waals surface area (Å²) in [7, 11) is 3.40. The number of carbonyl (C=O) groups excluding carboxylic acids is 1. The molecule has 2 N–H and O–H groups in total. The highest BCUT2D eigenvalue weighted by Gasteiger charge is 2.14. The highest BCUT2D eigenvalue weighted by molar-refractivity contribution is 6.33. The maximum absolute atomic E-state index is 12.0. The number of halogens is 1. The van der Waals surface area contributed by atoms with E-state index in [1.54, 1.807) is 32.0 Å². The number of aromatic nitrogens is 1. The summed E-state index contributed by atoms with van der Waals surface area (Å²) in [4.78, 5) is 17.6. The molecule has 6 heteroatoms. The van der Waals surface area contributed by atoms with Crippen molar-refractivity contribution in [2.24, 2.45) is 0 Å². The molecule has 0 aliphatic carbocycles. The van der Waals surface area contributed by atoms with Crippen LogP contribution in [0.4, 0.5) is 5.82 Å². The van der Waals surface area contributed by atoms with E-state index in [1.165, 1.54) is 6.20 Å². The topological polar surface area (TPSA) is 65.5 Å². The molecule has 18 heavy (non-hydrogen) atoms. The predicted octanol–water partition coefficient (Wildman–Crippen LogP) is 1.62. The number of aliphatic hydroxyl groups excluding tert-OH is 1. The van der Waals surface area contributed by atoms with Crippen molar-refractivity contribution in [3.8, 4) is 0 Å². The molecule has 0 aliphatic heterocycles. The lowest BCUT2D eigenvalue weighted by atomic mass is 10.2. The molecule has 0 saturated carbocycles. The zero-order valence-corrected chi connectivity index (χ0v) is 11.5. The van der Waals surface area contributed by atoms with Crippen molar-refractivity contribution < 1.29 is 9.90 Å². The number of rotatable bonds is 5. The Kier molecular flexibility index (Phi) is 5.37. The van der Waals surface area contributed by atoms with Gasteiger partial charge in [0, 0.05) is 26.8 Å². The normalized spacial score (nSPS) is 12.1. The molecule has 1 rings (SSSR count). The molecule has 0 aromatic carbocycles. The van der Waals surface area contributed by atoms with Crippen LogP contribution >= 0.6 is 11.6 Å². The van der Waals surface area contributed by atoms with Crippen LogP contribution in [0.2, 0.25) is 5.02 Å².